The summed E-state index contributed by atoms with van der Waals surface area (Å²) in [5.74, 6) is -0.843. The van der Waals surface area contributed by atoms with Crippen molar-refractivity contribution in [1.82, 2.24) is 20.2 Å². The first-order valence-corrected chi connectivity index (χ1v) is 11.7. The van der Waals surface area contributed by atoms with Gasteiger partial charge in [-0.25, -0.2) is 14.8 Å². The van der Waals surface area contributed by atoms with Crippen LogP contribution in [-0.2, 0) is 9.53 Å². The fourth-order valence-corrected chi connectivity index (χ4v) is 4.52. The molecule has 1 saturated heterocycles. The lowest BCUT2D eigenvalue weighted by atomic mass is 9.94. The van der Waals surface area contributed by atoms with E-state index in [4.69, 9.17) is 14.7 Å². The number of para-hydroxylation sites is 2. The molecule has 2 amide bonds. The van der Waals surface area contributed by atoms with Gasteiger partial charge in [0.1, 0.15) is 5.69 Å². The molecule has 2 heterocycles. The highest BCUT2D eigenvalue weighted by Gasteiger charge is 2.32. The summed E-state index contributed by atoms with van der Waals surface area (Å²) in [5.41, 5.74) is 1.72. The minimum atomic E-state index is -1.05. The van der Waals surface area contributed by atoms with Crippen LogP contribution in [0.4, 0.5) is 10.6 Å². The van der Waals surface area contributed by atoms with E-state index in [1.165, 1.54) is 6.42 Å². The maximum Gasteiger partial charge on any atom is 0.409 e. The van der Waals surface area contributed by atoms with E-state index in [1.54, 1.807) is 11.8 Å². The van der Waals surface area contributed by atoms with Crippen LogP contribution in [0, 0.1) is 11.3 Å². The molecule has 2 fully saturated rings. The molecule has 0 bridgehead atoms. The minimum absolute atomic E-state index is 0.104. The van der Waals surface area contributed by atoms with Gasteiger partial charge in [-0.05, 0) is 31.9 Å². The van der Waals surface area contributed by atoms with Crippen LogP contribution < -0.4 is 10.2 Å². The van der Waals surface area contributed by atoms with Crippen LogP contribution >= 0.6 is 0 Å². The van der Waals surface area contributed by atoms with Crippen LogP contribution in [0.2, 0.25) is 0 Å². The van der Waals surface area contributed by atoms with Gasteiger partial charge in [0.25, 0.3) is 0 Å². The molecule has 9 heteroatoms. The number of nitrogens with zero attached hydrogens (tertiary/aromatic N) is 5. The molecule has 1 aromatic heterocycles. The highest BCUT2D eigenvalue weighted by Crippen LogP contribution is 2.29. The second-order valence-electron chi connectivity index (χ2n) is 8.50. The summed E-state index contributed by atoms with van der Waals surface area (Å²) in [6.45, 7) is 4.09. The lowest BCUT2D eigenvalue weighted by Gasteiger charge is -2.35. The fourth-order valence-electron chi connectivity index (χ4n) is 4.52. The number of rotatable bonds is 5. The van der Waals surface area contributed by atoms with Gasteiger partial charge in [-0.2, -0.15) is 5.26 Å². The second kappa shape index (κ2) is 10.5. The number of ether oxygens (including phenoxy) is 1. The predicted octanol–water partition coefficient (Wildman–Crippen LogP) is 2.96. The van der Waals surface area contributed by atoms with Crippen LogP contribution in [0.3, 0.4) is 0 Å². The number of nitriles is 1. The zero-order valence-corrected chi connectivity index (χ0v) is 19.0. The van der Waals surface area contributed by atoms with Crippen molar-refractivity contribution in [1.29, 1.82) is 5.26 Å². The molecule has 1 aromatic carbocycles. The number of nitrogens with one attached hydrogen (secondary N) is 1. The van der Waals surface area contributed by atoms with Crippen molar-refractivity contribution < 1.29 is 14.3 Å². The molecule has 1 atom stereocenters. The Kier molecular flexibility index (Phi) is 7.23. The van der Waals surface area contributed by atoms with Crippen LogP contribution in [0.1, 0.15) is 50.6 Å². The molecular formula is C24H30N6O3. The van der Waals surface area contributed by atoms with E-state index < -0.39 is 5.92 Å². The Morgan fingerprint density at radius 1 is 1.12 bits per heavy atom. The van der Waals surface area contributed by atoms with Crippen molar-refractivity contribution in [3.8, 4) is 6.07 Å². The van der Waals surface area contributed by atoms with E-state index in [0.717, 1.165) is 25.7 Å². The van der Waals surface area contributed by atoms with Gasteiger partial charge in [0.2, 0.25) is 5.91 Å². The topological polar surface area (TPSA) is 111 Å². The fraction of sp³-hybridized carbons (Fsp3) is 0.542. The molecule has 2 aliphatic rings. The van der Waals surface area contributed by atoms with Crippen molar-refractivity contribution >= 4 is 28.9 Å². The quantitative estimate of drug-likeness (QED) is 0.745. The number of benzene rings is 1. The summed E-state index contributed by atoms with van der Waals surface area (Å²) in [5, 5.41) is 13.0. The van der Waals surface area contributed by atoms with Gasteiger partial charge in [-0.1, -0.05) is 31.4 Å². The van der Waals surface area contributed by atoms with Crippen LogP contribution in [0.25, 0.3) is 11.0 Å². The Balaban J connectivity index is 1.61. The van der Waals surface area contributed by atoms with Crippen molar-refractivity contribution in [2.45, 2.75) is 51.0 Å². The Bertz CT molecular complexity index is 1040. The monoisotopic (exact) mass is 450 g/mol. The number of carbonyl (C=O) groups excluding carboxylic acids is 2. The van der Waals surface area contributed by atoms with E-state index in [1.807, 2.05) is 29.2 Å². The van der Waals surface area contributed by atoms with Gasteiger partial charge >= 0.3 is 6.09 Å². The average Bonchev–Trinajstić information content (AvgIpc) is 2.85. The maximum atomic E-state index is 13.1. The molecule has 9 nitrogen and oxygen atoms in total. The lowest BCUT2D eigenvalue weighted by molar-refractivity contribution is -0.122. The zero-order chi connectivity index (χ0) is 23.2. The average molecular weight is 451 g/mol. The smallest absolute Gasteiger partial charge is 0.409 e. The van der Waals surface area contributed by atoms with Crippen molar-refractivity contribution in [2.24, 2.45) is 0 Å². The molecule has 174 valence electrons. The Morgan fingerprint density at radius 3 is 2.42 bits per heavy atom. The van der Waals surface area contributed by atoms with E-state index in [0.29, 0.717) is 55.3 Å². The predicted molar refractivity (Wildman–Crippen MR) is 124 cm³/mol. The van der Waals surface area contributed by atoms with Gasteiger partial charge in [-0.3, -0.25) is 4.79 Å². The van der Waals surface area contributed by atoms with Gasteiger partial charge in [-0.15, -0.1) is 0 Å². The van der Waals surface area contributed by atoms with Crippen LogP contribution in [-0.4, -0.2) is 65.7 Å². The third kappa shape index (κ3) is 5.16. The third-order valence-corrected chi connectivity index (χ3v) is 6.30. The number of hydrogen-bond donors (Lipinski definition) is 1. The summed E-state index contributed by atoms with van der Waals surface area (Å²) < 4.78 is 5.11. The first-order chi connectivity index (χ1) is 16.1. The molecule has 2 aromatic rings. The second-order valence-corrected chi connectivity index (χ2v) is 8.50. The first-order valence-electron chi connectivity index (χ1n) is 11.7. The molecule has 1 saturated carbocycles. The summed E-state index contributed by atoms with van der Waals surface area (Å²) in [4.78, 5) is 38.4. The summed E-state index contributed by atoms with van der Waals surface area (Å²) >= 11 is 0. The molecular weight excluding hydrogens is 420 g/mol. The van der Waals surface area contributed by atoms with E-state index in [2.05, 4.69) is 11.4 Å². The Labute approximate surface area is 193 Å². The van der Waals surface area contributed by atoms with Gasteiger partial charge in [0, 0.05) is 32.2 Å². The molecule has 0 radical (unpaired) electrons. The number of anilines is 1. The first kappa shape index (κ1) is 22.8. The molecule has 4 rings (SSSR count). The number of hydrogen-bond acceptors (Lipinski definition) is 7. The van der Waals surface area contributed by atoms with Crippen molar-refractivity contribution in [3.05, 3.63) is 30.0 Å². The van der Waals surface area contributed by atoms with E-state index in [9.17, 15) is 14.9 Å². The van der Waals surface area contributed by atoms with Crippen LogP contribution in [0.15, 0.2) is 24.3 Å². The summed E-state index contributed by atoms with van der Waals surface area (Å²) in [6.07, 6.45) is 4.92. The van der Waals surface area contributed by atoms with Crippen molar-refractivity contribution in [2.75, 3.05) is 37.7 Å². The van der Waals surface area contributed by atoms with Crippen molar-refractivity contribution in [3.63, 3.8) is 0 Å². The summed E-state index contributed by atoms with van der Waals surface area (Å²) in [6, 6.07) is 9.73. The number of carbonyl (C=O) groups is 2. The number of amides is 2. The lowest BCUT2D eigenvalue weighted by Crippen LogP contribution is -2.49. The molecule has 33 heavy (non-hydrogen) atoms. The third-order valence-electron chi connectivity index (χ3n) is 6.30. The number of piperazine rings is 1. The molecule has 1 N–H and O–H groups in total. The summed E-state index contributed by atoms with van der Waals surface area (Å²) in [7, 11) is 0. The normalized spacial score (nSPS) is 17.9. The van der Waals surface area contributed by atoms with E-state index in [-0.39, 0.29) is 18.0 Å². The minimum Gasteiger partial charge on any atom is -0.450 e. The SMILES string of the molecule is CCOC(=O)N1CCN(c2nc3ccccc3nc2[C@@H](C#N)C(=O)NC2CCCCC2)CC1. The van der Waals surface area contributed by atoms with Crippen LogP contribution in [0.5, 0.6) is 0 Å². The van der Waals surface area contributed by atoms with Gasteiger partial charge in [0.05, 0.1) is 23.7 Å². The Morgan fingerprint density at radius 2 is 1.79 bits per heavy atom. The molecule has 1 aliphatic carbocycles. The zero-order valence-electron chi connectivity index (χ0n) is 19.0. The largest absolute Gasteiger partial charge is 0.450 e. The maximum absolute atomic E-state index is 13.1. The Hall–Kier alpha value is -3.41. The van der Waals surface area contributed by atoms with Gasteiger partial charge in [0.15, 0.2) is 11.7 Å². The number of aromatic nitrogens is 2. The van der Waals surface area contributed by atoms with E-state index >= 15 is 0 Å². The molecule has 1 aliphatic heterocycles. The highest BCUT2D eigenvalue weighted by molar-refractivity contribution is 5.89. The highest BCUT2D eigenvalue weighted by atomic mass is 16.6. The molecule has 0 unspecified atom stereocenters. The standard InChI is InChI=1S/C24H30N6O3/c1-2-33-24(32)30-14-12-29(13-15-30)22-21(27-19-10-6-7-11-20(19)28-22)18(16-25)23(31)26-17-8-4-3-5-9-17/h6-7,10-11,17-18H,2-5,8-9,12-15H2,1H3,(H,26,31)/t18-/m1/s1. The number of fused-ring (bicyclic) bond motifs is 1. The van der Waals surface area contributed by atoms with Gasteiger partial charge < -0.3 is 19.9 Å². The molecule has 0 spiro atoms.